The van der Waals surface area contributed by atoms with Crippen molar-refractivity contribution in [3.8, 4) is 11.1 Å². The van der Waals surface area contributed by atoms with E-state index in [1.165, 1.54) is 11.3 Å². The van der Waals surface area contributed by atoms with E-state index in [9.17, 15) is 14.4 Å². The normalized spacial score (nSPS) is 14.6. The predicted octanol–water partition coefficient (Wildman–Crippen LogP) is 7.36. The van der Waals surface area contributed by atoms with E-state index in [0.29, 0.717) is 29.1 Å². The fraction of sp³-hybridized carbons (Fsp3) is 0.281. The number of hydrogen-bond acceptors (Lipinski definition) is 5. The Balaban J connectivity index is 0.00000387. The number of ether oxygens (including phenoxy) is 1. The zero-order chi connectivity index (χ0) is 28.1. The molecule has 2 N–H and O–H groups in total. The van der Waals surface area contributed by atoms with Gasteiger partial charge in [0.1, 0.15) is 6.10 Å². The number of likely N-dealkylation sites (tertiary alicyclic amines) is 1. The highest BCUT2D eigenvalue weighted by atomic mass is 127. The fourth-order valence-corrected chi connectivity index (χ4v) is 5.91. The molecule has 3 aromatic carbocycles. The molecular formula is C32H35IN3O4S+. The molecule has 0 spiro atoms. The molecule has 1 aliphatic rings. The summed E-state index contributed by atoms with van der Waals surface area (Å²) < 4.78 is 7.71. The summed E-state index contributed by atoms with van der Waals surface area (Å²) in [4.78, 5) is 37.3. The number of amides is 2. The molecule has 0 atom stereocenters. The number of nitrogens with zero attached hydrogens (tertiary/aromatic N) is 1. The molecule has 0 aliphatic carbocycles. The summed E-state index contributed by atoms with van der Waals surface area (Å²) >= 11 is 1.43. The number of piperidine rings is 1. The van der Waals surface area contributed by atoms with Crippen LogP contribution in [0, 0.1) is 0 Å². The molecule has 1 aromatic heterocycles. The number of nitrogens with one attached hydrogen (secondary N) is 2. The Kier molecular flexibility index (Phi) is 10.2. The number of fused-ring (bicyclic) bond motifs is 1. The van der Waals surface area contributed by atoms with Crippen molar-refractivity contribution in [2.24, 2.45) is 0 Å². The van der Waals surface area contributed by atoms with Gasteiger partial charge in [-0.1, -0.05) is 36.4 Å². The molecule has 1 aliphatic heterocycles. The van der Waals surface area contributed by atoms with Gasteiger partial charge in [-0.2, -0.15) is 0 Å². The van der Waals surface area contributed by atoms with Gasteiger partial charge < -0.3 is 14.5 Å². The maximum Gasteiger partial charge on any atom is 0.411 e. The second-order valence-corrected chi connectivity index (χ2v) is 12.0. The summed E-state index contributed by atoms with van der Waals surface area (Å²) in [5.74, 6) is -0.0912. The molecule has 41 heavy (non-hydrogen) atoms. The average Bonchev–Trinajstić information content (AvgIpc) is 3.37. The molecule has 214 valence electrons. The highest BCUT2D eigenvalue weighted by molar-refractivity contribution is 14.0. The van der Waals surface area contributed by atoms with Crippen molar-refractivity contribution < 1.29 is 23.6 Å². The van der Waals surface area contributed by atoms with Crippen molar-refractivity contribution in [1.82, 2.24) is 0 Å². The Morgan fingerprint density at radius 2 is 1.73 bits per heavy atom. The number of halogens is 1. The molecular weight excluding hydrogens is 649 g/mol. The van der Waals surface area contributed by atoms with Gasteiger partial charge in [0, 0.05) is 35.2 Å². The molecule has 4 aromatic rings. The minimum absolute atomic E-state index is 0. The van der Waals surface area contributed by atoms with Crippen molar-refractivity contribution in [3.05, 3.63) is 83.2 Å². The third-order valence-electron chi connectivity index (χ3n) is 7.37. The SMILES string of the molecule is C[N+]1(C)CCC(OC(=O)Nc2ccc(CCC(=O)Nc3ccc4sc(C=O)cc4c3)cc2-c2ccccc2)CC1.I. The molecule has 1 fully saturated rings. The molecule has 9 heteroatoms. The highest BCUT2D eigenvalue weighted by Crippen LogP contribution is 2.31. The fourth-order valence-electron chi connectivity index (χ4n) is 5.05. The van der Waals surface area contributed by atoms with Gasteiger partial charge in [0.05, 0.1) is 37.7 Å². The number of thiophene rings is 1. The number of aldehydes is 1. The molecule has 1 saturated heterocycles. The van der Waals surface area contributed by atoms with E-state index >= 15 is 0 Å². The Hall–Kier alpha value is -3.28. The number of quaternary nitrogens is 1. The molecule has 7 nitrogen and oxygen atoms in total. The summed E-state index contributed by atoms with van der Waals surface area (Å²) in [5, 5.41) is 6.85. The van der Waals surface area contributed by atoms with Gasteiger partial charge in [-0.3, -0.25) is 14.9 Å². The lowest BCUT2D eigenvalue weighted by molar-refractivity contribution is -0.896. The number of aryl methyl sites for hydroxylation is 1. The first-order chi connectivity index (χ1) is 19.3. The van der Waals surface area contributed by atoms with Crippen molar-refractivity contribution in [2.75, 3.05) is 37.8 Å². The van der Waals surface area contributed by atoms with Crippen molar-refractivity contribution >= 4 is 75.1 Å². The summed E-state index contributed by atoms with van der Waals surface area (Å²) in [6.07, 6.45) is 2.89. The van der Waals surface area contributed by atoms with Crippen LogP contribution in [0.4, 0.5) is 16.2 Å². The number of benzene rings is 3. The van der Waals surface area contributed by atoms with Gasteiger partial charge in [-0.25, -0.2) is 4.79 Å². The molecule has 0 saturated carbocycles. The molecule has 5 rings (SSSR count). The lowest BCUT2D eigenvalue weighted by atomic mass is 9.99. The number of anilines is 2. The predicted molar refractivity (Wildman–Crippen MR) is 176 cm³/mol. The Morgan fingerprint density at radius 1 is 0.976 bits per heavy atom. The van der Waals surface area contributed by atoms with Gasteiger partial charge in [0.25, 0.3) is 0 Å². The van der Waals surface area contributed by atoms with Gasteiger partial charge in [-0.05, 0) is 59.3 Å². The van der Waals surface area contributed by atoms with Crippen LogP contribution in [0.5, 0.6) is 0 Å². The first-order valence-electron chi connectivity index (χ1n) is 13.5. The van der Waals surface area contributed by atoms with E-state index in [1.807, 2.05) is 72.8 Å². The van der Waals surface area contributed by atoms with Crippen LogP contribution in [0.2, 0.25) is 0 Å². The van der Waals surface area contributed by atoms with Gasteiger partial charge in [0.15, 0.2) is 6.29 Å². The smallest absolute Gasteiger partial charge is 0.411 e. The Bertz CT molecular complexity index is 1530. The maximum absolute atomic E-state index is 12.8. The summed E-state index contributed by atoms with van der Waals surface area (Å²) in [7, 11) is 4.39. The molecule has 0 bridgehead atoms. The topological polar surface area (TPSA) is 84.5 Å². The van der Waals surface area contributed by atoms with E-state index in [1.54, 1.807) is 0 Å². The van der Waals surface area contributed by atoms with Crippen LogP contribution in [0.25, 0.3) is 21.2 Å². The van der Waals surface area contributed by atoms with Crippen LogP contribution in [-0.4, -0.2) is 56.1 Å². The van der Waals surface area contributed by atoms with E-state index in [0.717, 1.165) is 63.5 Å². The second kappa shape index (κ2) is 13.6. The largest absolute Gasteiger partial charge is 0.446 e. The standard InChI is InChI=1S/C32H33N3O4S.HI/c1-35(2)16-14-26(15-17-35)39-32(38)34-29-11-8-22(18-28(29)23-6-4-3-5-7-23)9-13-31(37)33-25-10-12-30-24(19-25)20-27(21-36)40-30;/h3-8,10-12,18-21,26H,9,13-17H2,1-2H3,(H-,33,34,37,38);1H/p+1. The summed E-state index contributed by atoms with van der Waals surface area (Å²) in [5.41, 5.74) is 4.22. The van der Waals surface area contributed by atoms with E-state index in [-0.39, 0.29) is 36.0 Å². The quantitative estimate of drug-likeness (QED) is 0.116. The van der Waals surface area contributed by atoms with Crippen molar-refractivity contribution in [3.63, 3.8) is 0 Å². The highest BCUT2D eigenvalue weighted by Gasteiger charge is 2.28. The van der Waals surface area contributed by atoms with Crippen LogP contribution >= 0.6 is 35.3 Å². The third kappa shape index (κ3) is 8.15. The zero-order valence-electron chi connectivity index (χ0n) is 23.2. The molecule has 0 radical (unpaired) electrons. The Labute approximate surface area is 261 Å². The maximum atomic E-state index is 12.8. The van der Waals surface area contributed by atoms with Crippen LogP contribution in [0.3, 0.4) is 0 Å². The zero-order valence-corrected chi connectivity index (χ0v) is 26.4. The van der Waals surface area contributed by atoms with Gasteiger partial charge in [0.2, 0.25) is 5.91 Å². The van der Waals surface area contributed by atoms with Crippen molar-refractivity contribution in [2.45, 2.75) is 31.8 Å². The summed E-state index contributed by atoms with van der Waals surface area (Å²) in [6, 6.07) is 23.2. The third-order valence-corrected chi connectivity index (χ3v) is 8.41. The molecule has 0 unspecified atom stereocenters. The van der Waals surface area contributed by atoms with E-state index in [4.69, 9.17) is 4.74 Å². The first-order valence-corrected chi connectivity index (χ1v) is 14.4. The molecule has 2 amide bonds. The number of carbonyl (C=O) groups is 3. The van der Waals surface area contributed by atoms with Crippen molar-refractivity contribution in [1.29, 1.82) is 0 Å². The number of rotatable bonds is 8. The Morgan fingerprint density at radius 3 is 2.46 bits per heavy atom. The molecule has 2 heterocycles. The van der Waals surface area contributed by atoms with E-state index < -0.39 is 6.09 Å². The van der Waals surface area contributed by atoms with Crippen LogP contribution in [0.1, 0.15) is 34.5 Å². The van der Waals surface area contributed by atoms with Crippen LogP contribution in [-0.2, 0) is 16.0 Å². The minimum atomic E-state index is -0.440. The minimum Gasteiger partial charge on any atom is -0.446 e. The first kappa shape index (κ1) is 30.7. The monoisotopic (exact) mass is 684 g/mol. The van der Waals surface area contributed by atoms with Gasteiger partial charge in [-0.15, -0.1) is 35.3 Å². The summed E-state index contributed by atoms with van der Waals surface area (Å²) in [6.45, 7) is 1.97. The lowest BCUT2D eigenvalue weighted by Crippen LogP contribution is -2.48. The van der Waals surface area contributed by atoms with E-state index in [2.05, 4.69) is 24.7 Å². The lowest BCUT2D eigenvalue weighted by Gasteiger charge is -2.36. The van der Waals surface area contributed by atoms with Gasteiger partial charge >= 0.3 is 6.09 Å². The second-order valence-electron chi connectivity index (χ2n) is 10.9. The average molecular weight is 685 g/mol. The number of carbonyl (C=O) groups excluding carboxylic acids is 3. The van der Waals surface area contributed by atoms with Crippen LogP contribution < -0.4 is 10.6 Å². The number of hydrogen-bond donors (Lipinski definition) is 2. The van der Waals surface area contributed by atoms with Crippen LogP contribution in [0.15, 0.2) is 72.8 Å².